The average molecular weight is 401 g/mol. The minimum absolute atomic E-state index is 0.0135. The summed E-state index contributed by atoms with van der Waals surface area (Å²) in [6.45, 7) is 0.337. The van der Waals surface area contributed by atoms with Crippen molar-refractivity contribution in [2.45, 2.75) is 57.9 Å². The molecule has 27 heavy (non-hydrogen) atoms. The van der Waals surface area contributed by atoms with Gasteiger partial charge in [-0.05, 0) is 50.5 Å². The summed E-state index contributed by atoms with van der Waals surface area (Å²) >= 11 is 3.22. The molecule has 0 unspecified atom stereocenters. The van der Waals surface area contributed by atoms with Crippen LogP contribution in [0.2, 0.25) is 0 Å². The lowest BCUT2D eigenvalue weighted by Gasteiger charge is -2.10. The highest BCUT2D eigenvalue weighted by molar-refractivity contribution is 7.18. The maximum atomic E-state index is 12.9. The van der Waals surface area contributed by atoms with Crippen LogP contribution in [0.25, 0.3) is 10.2 Å². The number of amides is 1. The van der Waals surface area contributed by atoms with Crippen molar-refractivity contribution in [2.75, 3.05) is 5.32 Å². The van der Waals surface area contributed by atoms with Gasteiger partial charge in [0.1, 0.15) is 4.83 Å². The van der Waals surface area contributed by atoms with Crippen LogP contribution in [-0.2, 0) is 37.0 Å². The second-order valence-electron chi connectivity index (χ2n) is 7.17. The first kappa shape index (κ1) is 17.1. The van der Waals surface area contributed by atoms with E-state index < -0.39 is 0 Å². The molecule has 0 atom stereocenters. The highest BCUT2D eigenvalue weighted by atomic mass is 32.1. The molecule has 140 valence electrons. The van der Waals surface area contributed by atoms with Gasteiger partial charge in [0, 0.05) is 22.7 Å². The lowest BCUT2D eigenvalue weighted by atomic mass is 9.97. The third-order valence-corrected chi connectivity index (χ3v) is 7.64. The van der Waals surface area contributed by atoms with E-state index in [1.165, 1.54) is 21.7 Å². The molecule has 0 spiro atoms. The van der Waals surface area contributed by atoms with E-state index in [9.17, 15) is 9.59 Å². The summed E-state index contributed by atoms with van der Waals surface area (Å²) in [5.41, 5.74) is 2.30. The van der Waals surface area contributed by atoms with Crippen LogP contribution in [0.3, 0.4) is 0 Å². The normalized spacial score (nSPS) is 15.7. The summed E-state index contributed by atoms with van der Waals surface area (Å²) in [7, 11) is 0. The average Bonchev–Trinajstić information content (AvgIpc) is 3.33. The molecule has 0 bridgehead atoms. The third-order valence-electron chi connectivity index (χ3n) is 5.36. The van der Waals surface area contributed by atoms with E-state index >= 15 is 0 Å². The monoisotopic (exact) mass is 400 g/mol. The molecule has 3 heterocycles. The van der Waals surface area contributed by atoms with Crippen molar-refractivity contribution in [1.82, 2.24) is 14.5 Å². The number of thiophene rings is 1. The Morgan fingerprint density at radius 2 is 1.96 bits per heavy atom. The molecule has 0 saturated carbocycles. The highest BCUT2D eigenvalue weighted by Crippen LogP contribution is 2.33. The number of fused-ring (bicyclic) bond motifs is 4. The third kappa shape index (κ3) is 3.10. The molecule has 3 aromatic heterocycles. The number of aryl methyl sites for hydroxylation is 5. The van der Waals surface area contributed by atoms with E-state index in [0.717, 1.165) is 54.4 Å². The van der Waals surface area contributed by atoms with Gasteiger partial charge in [0.15, 0.2) is 5.13 Å². The number of nitrogens with zero attached hydrogens (tertiary/aromatic N) is 3. The van der Waals surface area contributed by atoms with Gasteiger partial charge in [-0.25, -0.2) is 9.97 Å². The topological polar surface area (TPSA) is 76.9 Å². The van der Waals surface area contributed by atoms with Crippen molar-refractivity contribution in [1.29, 1.82) is 0 Å². The molecule has 2 aliphatic rings. The largest absolute Gasteiger partial charge is 0.302 e. The Morgan fingerprint density at radius 3 is 2.85 bits per heavy atom. The first-order valence-electron chi connectivity index (χ1n) is 9.47. The number of thiazole rings is 1. The minimum Gasteiger partial charge on any atom is -0.302 e. The molecule has 6 nitrogen and oxygen atoms in total. The van der Waals surface area contributed by atoms with Crippen molar-refractivity contribution >= 4 is 43.9 Å². The highest BCUT2D eigenvalue weighted by Gasteiger charge is 2.21. The zero-order valence-electron chi connectivity index (χ0n) is 14.9. The fourth-order valence-electron chi connectivity index (χ4n) is 3.99. The molecular weight excluding hydrogens is 380 g/mol. The summed E-state index contributed by atoms with van der Waals surface area (Å²) in [6, 6.07) is 0. The van der Waals surface area contributed by atoms with E-state index in [4.69, 9.17) is 0 Å². The second-order valence-corrected chi connectivity index (χ2v) is 9.34. The zero-order chi connectivity index (χ0) is 18.4. The van der Waals surface area contributed by atoms with Crippen LogP contribution < -0.4 is 10.9 Å². The lowest BCUT2D eigenvalue weighted by molar-refractivity contribution is -0.116. The van der Waals surface area contributed by atoms with Gasteiger partial charge in [-0.1, -0.05) is 0 Å². The van der Waals surface area contributed by atoms with E-state index in [2.05, 4.69) is 15.3 Å². The molecule has 1 amide bonds. The predicted molar refractivity (Wildman–Crippen MR) is 108 cm³/mol. The van der Waals surface area contributed by atoms with Crippen LogP contribution >= 0.6 is 22.7 Å². The van der Waals surface area contributed by atoms with Gasteiger partial charge in [0.25, 0.3) is 5.56 Å². The zero-order valence-corrected chi connectivity index (χ0v) is 16.5. The van der Waals surface area contributed by atoms with Gasteiger partial charge in [0.05, 0.1) is 17.4 Å². The van der Waals surface area contributed by atoms with Crippen LogP contribution in [0.5, 0.6) is 0 Å². The molecule has 3 aromatic rings. The first-order chi connectivity index (χ1) is 13.2. The Hall–Kier alpha value is -2.06. The molecule has 0 aliphatic heterocycles. The standard InChI is InChI=1S/C19H20N4O2S2/c24-15(22-19-21-12-5-3-7-14(12)27-19)8-9-23-10-20-17-16(18(23)25)11-4-1-2-6-13(11)26-17/h10H,1-9H2,(H,21,22,24). The maximum Gasteiger partial charge on any atom is 0.262 e. The van der Waals surface area contributed by atoms with Crippen LogP contribution in [0, 0.1) is 0 Å². The summed E-state index contributed by atoms with van der Waals surface area (Å²) in [5.74, 6) is -0.109. The second kappa shape index (κ2) is 6.83. The Kier molecular flexibility index (Phi) is 4.32. The molecule has 0 radical (unpaired) electrons. The Labute approximate surface area is 164 Å². The number of nitrogens with one attached hydrogen (secondary N) is 1. The molecule has 0 fully saturated rings. The number of carbonyl (C=O) groups excluding carboxylic acids is 1. The molecule has 5 rings (SSSR count). The van der Waals surface area contributed by atoms with E-state index in [-0.39, 0.29) is 17.9 Å². The summed E-state index contributed by atoms with van der Waals surface area (Å²) < 4.78 is 1.57. The van der Waals surface area contributed by atoms with Gasteiger partial charge in [-0.3, -0.25) is 14.2 Å². The van der Waals surface area contributed by atoms with Crippen LogP contribution in [0.1, 0.15) is 46.7 Å². The van der Waals surface area contributed by atoms with E-state index in [1.807, 2.05) is 0 Å². The van der Waals surface area contributed by atoms with Crippen molar-refractivity contribution in [3.05, 3.63) is 37.7 Å². The smallest absolute Gasteiger partial charge is 0.262 e. The Morgan fingerprint density at radius 1 is 1.11 bits per heavy atom. The van der Waals surface area contributed by atoms with Crippen LogP contribution in [0.4, 0.5) is 5.13 Å². The SMILES string of the molecule is O=C(CCn1cnc2sc3c(c2c1=O)CCCC3)Nc1nc2c(s1)CCC2. The Bertz CT molecular complexity index is 1070. The number of aromatic nitrogens is 3. The lowest BCUT2D eigenvalue weighted by Crippen LogP contribution is -2.24. The van der Waals surface area contributed by atoms with Gasteiger partial charge < -0.3 is 5.32 Å². The van der Waals surface area contributed by atoms with Crippen LogP contribution in [0.15, 0.2) is 11.1 Å². The molecular formula is C19H20N4O2S2. The van der Waals surface area contributed by atoms with Gasteiger partial charge in [-0.2, -0.15) is 0 Å². The van der Waals surface area contributed by atoms with E-state index in [1.54, 1.807) is 33.6 Å². The number of hydrogen-bond donors (Lipinski definition) is 1. The molecule has 0 aromatic carbocycles. The molecule has 0 saturated heterocycles. The van der Waals surface area contributed by atoms with Crippen molar-refractivity contribution in [3.8, 4) is 0 Å². The van der Waals surface area contributed by atoms with Gasteiger partial charge in [0.2, 0.25) is 5.91 Å². The van der Waals surface area contributed by atoms with Crippen molar-refractivity contribution in [3.63, 3.8) is 0 Å². The Balaban J connectivity index is 1.31. The number of rotatable bonds is 4. The molecule has 2 aliphatic carbocycles. The molecule has 1 N–H and O–H groups in total. The minimum atomic E-state index is -0.109. The maximum absolute atomic E-state index is 12.9. The van der Waals surface area contributed by atoms with Gasteiger partial charge in [-0.15, -0.1) is 22.7 Å². The first-order valence-corrected chi connectivity index (χ1v) is 11.1. The molecule has 8 heteroatoms. The fourth-order valence-corrected chi connectivity index (χ4v) is 6.27. The number of carbonyl (C=O) groups is 1. The van der Waals surface area contributed by atoms with E-state index in [0.29, 0.717) is 11.7 Å². The predicted octanol–water partition coefficient (Wildman–Crippen LogP) is 3.31. The number of hydrogen-bond acceptors (Lipinski definition) is 6. The quantitative estimate of drug-likeness (QED) is 0.729. The number of anilines is 1. The van der Waals surface area contributed by atoms with Crippen LogP contribution in [-0.4, -0.2) is 20.4 Å². The van der Waals surface area contributed by atoms with Gasteiger partial charge >= 0.3 is 0 Å². The summed E-state index contributed by atoms with van der Waals surface area (Å²) in [5, 5.41) is 4.33. The van der Waals surface area contributed by atoms with Crippen molar-refractivity contribution < 1.29 is 4.79 Å². The van der Waals surface area contributed by atoms with Crippen molar-refractivity contribution in [2.24, 2.45) is 0 Å². The summed E-state index contributed by atoms with van der Waals surface area (Å²) in [6.07, 6.45) is 9.39. The fraction of sp³-hybridized carbons (Fsp3) is 0.474. The summed E-state index contributed by atoms with van der Waals surface area (Å²) in [4.78, 5) is 37.6.